The van der Waals surface area contributed by atoms with Crippen LogP contribution in [0.25, 0.3) is 0 Å². The van der Waals surface area contributed by atoms with Gasteiger partial charge in [0.2, 0.25) is 5.76 Å². The highest BCUT2D eigenvalue weighted by Gasteiger charge is 2.03. The van der Waals surface area contributed by atoms with Crippen molar-refractivity contribution in [1.82, 2.24) is 0 Å². The number of nitrogens with one attached hydrogen (secondary N) is 1. The topological polar surface area (TPSA) is 46.8 Å². The van der Waals surface area contributed by atoms with Crippen molar-refractivity contribution in [2.75, 3.05) is 0 Å². The van der Waals surface area contributed by atoms with Gasteiger partial charge in [-0.1, -0.05) is 11.6 Å². The summed E-state index contributed by atoms with van der Waals surface area (Å²) >= 11 is 7.17. The lowest BCUT2D eigenvalue weighted by Crippen LogP contribution is -1.86. The molecule has 0 rings (SSSR count). The molecule has 0 aromatic rings. The minimum absolute atomic E-state index is 0.219. The van der Waals surface area contributed by atoms with E-state index in [1.807, 2.05) is 0 Å². The van der Waals surface area contributed by atoms with Crippen molar-refractivity contribution in [2.45, 2.75) is 6.92 Å². The monoisotopic (exact) mass is 246 g/mol. The standard InChI is InChI=1S/C4H5ClINO/c1-2(8)3(5)4(6)7/h7-8H,1H3/p+1/b3-2+,7-4?. The molecule has 8 heavy (non-hydrogen) atoms. The summed E-state index contributed by atoms with van der Waals surface area (Å²) in [5.74, 6) is 0.242. The van der Waals surface area contributed by atoms with Crippen molar-refractivity contribution in [3.05, 3.63) is 10.8 Å². The van der Waals surface area contributed by atoms with E-state index in [9.17, 15) is 0 Å². The zero-order chi connectivity index (χ0) is 6.73. The summed E-state index contributed by atoms with van der Waals surface area (Å²) in [6, 6.07) is 0. The highest BCUT2D eigenvalue weighted by Crippen LogP contribution is 2.11. The Hall–Kier alpha value is 0.230. The molecule has 0 aromatic carbocycles. The van der Waals surface area contributed by atoms with E-state index >= 15 is 0 Å². The van der Waals surface area contributed by atoms with E-state index in [4.69, 9.17) is 22.1 Å². The van der Waals surface area contributed by atoms with Crippen molar-refractivity contribution in [3.63, 3.8) is 0 Å². The SMILES string of the molecule is C/C([OH2+])=C(\Cl)C(=N)I. The van der Waals surface area contributed by atoms with Gasteiger partial charge in [0.15, 0.2) is 5.03 Å². The summed E-state index contributed by atoms with van der Waals surface area (Å²) in [6.45, 7) is 1.55. The molecule has 0 spiro atoms. The molecule has 0 saturated carbocycles. The van der Waals surface area contributed by atoms with E-state index in [1.54, 1.807) is 29.5 Å². The molecule has 0 unspecified atom stereocenters. The van der Waals surface area contributed by atoms with Crippen LogP contribution in [0.2, 0.25) is 0 Å². The Morgan fingerprint density at radius 3 is 2.12 bits per heavy atom. The number of hydrogen-bond donors (Lipinski definition) is 1. The van der Waals surface area contributed by atoms with Crippen LogP contribution in [0, 0.1) is 5.41 Å². The maximum atomic E-state index is 6.92. The summed E-state index contributed by atoms with van der Waals surface area (Å²) in [5, 5.41) is 14.1. The van der Waals surface area contributed by atoms with Crippen LogP contribution < -0.4 is 0 Å². The fourth-order valence-electron chi connectivity index (χ4n) is 0.165. The van der Waals surface area contributed by atoms with Gasteiger partial charge in [0, 0.05) is 6.92 Å². The lowest BCUT2D eigenvalue weighted by molar-refractivity contribution is 0.414. The summed E-state index contributed by atoms with van der Waals surface area (Å²) in [7, 11) is 0. The first-order valence-electron chi connectivity index (χ1n) is 1.88. The van der Waals surface area contributed by atoms with Gasteiger partial charge in [0.1, 0.15) is 3.72 Å². The molecule has 4 heteroatoms. The molecule has 0 aromatic heterocycles. The number of halogens is 2. The van der Waals surface area contributed by atoms with Crippen LogP contribution in [0.5, 0.6) is 0 Å². The van der Waals surface area contributed by atoms with Crippen molar-refractivity contribution >= 4 is 37.9 Å². The zero-order valence-electron chi connectivity index (χ0n) is 4.26. The average molecular weight is 246 g/mol. The third-order valence-electron chi connectivity index (χ3n) is 0.522. The zero-order valence-corrected chi connectivity index (χ0v) is 7.17. The lowest BCUT2D eigenvalue weighted by atomic mass is 10.5. The highest BCUT2D eigenvalue weighted by atomic mass is 127. The number of hydrogen-bond acceptors (Lipinski definition) is 1. The average Bonchev–Trinajstić information content (AvgIpc) is 1.64. The Balaban J connectivity index is 4.23. The second-order valence-electron chi connectivity index (χ2n) is 1.25. The summed E-state index contributed by atoms with van der Waals surface area (Å²) in [6.07, 6.45) is 0. The van der Waals surface area contributed by atoms with E-state index < -0.39 is 0 Å². The molecule has 0 atom stereocenters. The van der Waals surface area contributed by atoms with E-state index in [0.29, 0.717) is 0 Å². The quantitative estimate of drug-likeness (QED) is 0.316. The molecular formula is C4H6ClINO+. The number of allylic oxidation sites excluding steroid dienone is 2. The van der Waals surface area contributed by atoms with Crippen LogP contribution in [-0.2, 0) is 0 Å². The van der Waals surface area contributed by atoms with Gasteiger partial charge in [-0.15, -0.1) is 0 Å². The fraction of sp³-hybridized carbons (Fsp3) is 0.250. The third-order valence-corrected chi connectivity index (χ3v) is 1.85. The Kier molecular flexibility index (Phi) is 3.39. The van der Waals surface area contributed by atoms with Gasteiger partial charge >= 0.3 is 0 Å². The number of rotatable bonds is 1. The van der Waals surface area contributed by atoms with Crippen LogP contribution in [0.1, 0.15) is 6.92 Å². The molecule has 0 amide bonds. The van der Waals surface area contributed by atoms with E-state index in [2.05, 4.69) is 0 Å². The lowest BCUT2D eigenvalue weighted by Gasteiger charge is -1.88. The summed E-state index contributed by atoms with van der Waals surface area (Å²) < 4.78 is 0.219. The largest absolute Gasteiger partial charge is 0.596 e. The van der Waals surface area contributed by atoms with E-state index in [1.165, 1.54) is 0 Å². The van der Waals surface area contributed by atoms with Crippen LogP contribution in [0.15, 0.2) is 10.8 Å². The Morgan fingerprint density at radius 2 is 2.12 bits per heavy atom. The Bertz CT molecular complexity index is 139. The first kappa shape index (κ1) is 8.23. The molecule has 3 N–H and O–H groups in total. The Labute approximate surface area is 66.2 Å². The van der Waals surface area contributed by atoms with Gasteiger partial charge in [-0.05, 0) is 22.6 Å². The molecule has 0 aliphatic rings. The van der Waals surface area contributed by atoms with Crippen molar-refractivity contribution in [3.8, 4) is 0 Å². The Morgan fingerprint density at radius 1 is 1.75 bits per heavy atom. The van der Waals surface area contributed by atoms with E-state index in [-0.39, 0.29) is 14.5 Å². The minimum Gasteiger partial charge on any atom is -0.596 e. The van der Waals surface area contributed by atoms with Crippen LogP contribution in [-0.4, -0.2) is 8.82 Å². The van der Waals surface area contributed by atoms with Gasteiger partial charge in [-0.3, -0.25) is 5.41 Å². The van der Waals surface area contributed by atoms with Crippen LogP contribution in [0.3, 0.4) is 0 Å². The van der Waals surface area contributed by atoms with Crippen LogP contribution in [0.4, 0.5) is 0 Å². The van der Waals surface area contributed by atoms with Crippen molar-refractivity contribution in [1.29, 1.82) is 5.41 Å². The van der Waals surface area contributed by atoms with Gasteiger partial charge in [0.25, 0.3) is 0 Å². The maximum absolute atomic E-state index is 6.92. The van der Waals surface area contributed by atoms with Crippen LogP contribution >= 0.6 is 34.2 Å². The first-order chi connectivity index (χ1) is 3.55. The molecule has 2 nitrogen and oxygen atoms in total. The third kappa shape index (κ3) is 2.52. The molecule has 0 saturated heterocycles. The van der Waals surface area contributed by atoms with E-state index in [0.717, 1.165) is 0 Å². The first-order valence-corrected chi connectivity index (χ1v) is 3.33. The van der Waals surface area contributed by atoms with Gasteiger partial charge < -0.3 is 5.11 Å². The molecule has 0 fully saturated rings. The molecule has 0 heterocycles. The second-order valence-corrected chi connectivity index (χ2v) is 2.71. The normalized spacial score (nSPS) is 12.9. The molecule has 0 bridgehead atoms. The summed E-state index contributed by atoms with van der Waals surface area (Å²) in [4.78, 5) is 0. The van der Waals surface area contributed by atoms with Gasteiger partial charge in [-0.25, -0.2) is 0 Å². The fourth-order valence-corrected chi connectivity index (χ4v) is 0.569. The maximum Gasteiger partial charge on any atom is 0.247 e. The molecule has 0 aliphatic heterocycles. The molecule has 0 radical (unpaired) electrons. The van der Waals surface area contributed by atoms with Gasteiger partial charge in [0.05, 0.1) is 0 Å². The predicted molar refractivity (Wildman–Crippen MR) is 43.9 cm³/mol. The summed E-state index contributed by atoms with van der Waals surface area (Å²) in [5.41, 5.74) is 0. The predicted octanol–water partition coefficient (Wildman–Crippen LogP) is 1.59. The minimum atomic E-state index is 0.219. The van der Waals surface area contributed by atoms with Crippen molar-refractivity contribution < 1.29 is 5.11 Å². The van der Waals surface area contributed by atoms with Gasteiger partial charge in [-0.2, -0.15) is 0 Å². The molecule has 0 aliphatic carbocycles. The smallest absolute Gasteiger partial charge is 0.247 e. The van der Waals surface area contributed by atoms with Crippen molar-refractivity contribution in [2.24, 2.45) is 0 Å². The molecule has 46 valence electrons. The highest BCUT2D eigenvalue weighted by molar-refractivity contribution is 14.1. The second kappa shape index (κ2) is 3.29. The molecular weight excluding hydrogens is 240 g/mol.